The molecule has 0 amide bonds. The first-order chi connectivity index (χ1) is 9.24. The van der Waals surface area contributed by atoms with Crippen LogP contribution in [0.2, 0.25) is 0 Å². The Bertz CT molecular complexity index is 484. The molecule has 0 fully saturated rings. The molecule has 1 aromatic rings. The van der Waals surface area contributed by atoms with Crippen molar-refractivity contribution in [1.82, 2.24) is 0 Å². The van der Waals surface area contributed by atoms with Crippen molar-refractivity contribution in [2.75, 3.05) is 13.2 Å². The number of nitriles is 1. The summed E-state index contributed by atoms with van der Waals surface area (Å²) >= 11 is 0. The molecule has 0 N–H and O–H groups in total. The first-order valence-corrected chi connectivity index (χ1v) is 6.07. The molecule has 1 rings (SSSR count). The minimum Gasteiger partial charge on any atom is -0.349 e. The highest BCUT2D eigenvalue weighted by Gasteiger charge is 2.10. The lowest BCUT2D eigenvalue weighted by atomic mass is 10.1. The fourth-order valence-electron chi connectivity index (χ4n) is 1.54. The Kier molecular flexibility index (Phi) is 6.32. The third-order valence-electron chi connectivity index (χ3n) is 2.38. The Balaban J connectivity index is 2.89. The van der Waals surface area contributed by atoms with Crippen LogP contribution in [0.4, 0.5) is 0 Å². The predicted octanol–water partition coefficient (Wildman–Crippen LogP) is 3.54. The summed E-state index contributed by atoms with van der Waals surface area (Å²) < 4.78 is 11.0. The zero-order valence-corrected chi connectivity index (χ0v) is 11.1. The number of ether oxygens (including phenoxy) is 2. The predicted molar refractivity (Wildman–Crippen MR) is 72.6 cm³/mol. The molecular weight excluding hydrogens is 240 g/mol. The van der Waals surface area contributed by atoms with Crippen molar-refractivity contribution in [3.8, 4) is 6.07 Å². The summed E-state index contributed by atoms with van der Waals surface area (Å²) in [6.45, 7) is 11.8. The van der Waals surface area contributed by atoms with Gasteiger partial charge < -0.3 is 9.47 Å². The molecule has 0 heterocycles. The van der Waals surface area contributed by atoms with E-state index in [2.05, 4.69) is 4.85 Å². The van der Waals surface area contributed by atoms with Crippen molar-refractivity contribution in [1.29, 1.82) is 5.26 Å². The Morgan fingerprint density at radius 2 is 1.89 bits per heavy atom. The lowest BCUT2D eigenvalue weighted by Gasteiger charge is -2.17. The van der Waals surface area contributed by atoms with E-state index in [4.69, 9.17) is 21.3 Å². The van der Waals surface area contributed by atoms with Gasteiger partial charge in [-0.1, -0.05) is 24.3 Å². The molecule has 1 aromatic carbocycles. The molecular formula is C15H16N2O2. The SMILES string of the molecule is [C-]#[N+]/C(C#N)=C\c1ccc(C(OCC)OCC)cc1. The third-order valence-corrected chi connectivity index (χ3v) is 2.38. The highest BCUT2D eigenvalue weighted by Crippen LogP contribution is 2.20. The van der Waals surface area contributed by atoms with Gasteiger partial charge in [-0.15, -0.1) is 0 Å². The van der Waals surface area contributed by atoms with Gasteiger partial charge in [-0.25, -0.2) is 10.1 Å². The molecule has 0 bridgehead atoms. The topological polar surface area (TPSA) is 46.6 Å². The molecule has 0 atom stereocenters. The van der Waals surface area contributed by atoms with Gasteiger partial charge in [-0.05, 0) is 25.5 Å². The van der Waals surface area contributed by atoms with Gasteiger partial charge in [-0.2, -0.15) is 0 Å². The quantitative estimate of drug-likeness (QED) is 0.444. The molecule has 0 aliphatic rings. The fourth-order valence-corrected chi connectivity index (χ4v) is 1.54. The van der Waals surface area contributed by atoms with E-state index >= 15 is 0 Å². The minimum absolute atomic E-state index is 0.0684. The largest absolute Gasteiger partial charge is 0.349 e. The molecule has 0 aliphatic heterocycles. The van der Waals surface area contributed by atoms with Gasteiger partial charge in [0.25, 0.3) is 5.70 Å². The normalized spacial score (nSPS) is 11.1. The summed E-state index contributed by atoms with van der Waals surface area (Å²) in [6, 6.07) is 9.26. The van der Waals surface area contributed by atoms with Crippen LogP contribution in [-0.4, -0.2) is 13.2 Å². The van der Waals surface area contributed by atoms with Crippen molar-refractivity contribution in [3.63, 3.8) is 0 Å². The molecule has 4 heteroatoms. The van der Waals surface area contributed by atoms with Crippen LogP contribution >= 0.6 is 0 Å². The van der Waals surface area contributed by atoms with Crippen molar-refractivity contribution < 1.29 is 9.47 Å². The Hall–Kier alpha value is -2.14. The van der Waals surface area contributed by atoms with Gasteiger partial charge in [0.1, 0.15) is 0 Å². The lowest BCUT2D eigenvalue weighted by Crippen LogP contribution is -2.08. The number of hydrogen-bond donors (Lipinski definition) is 0. The smallest absolute Gasteiger partial charge is 0.262 e. The van der Waals surface area contributed by atoms with Gasteiger partial charge in [0.15, 0.2) is 6.29 Å². The first kappa shape index (κ1) is 14.9. The van der Waals surface area contributed by atoms with Gasteiger partial charge in [0, 0.05) is 18.8 Å². The van der Waals surface area contributed by atoms with Crippen molar-refractivity contribution >= 4 is 6.08 Å². The standard InChI is InChI=1S/C15H16N2O2/c1-4-18-15(19-5-2)13-8-6-12(7-9-13)10-14(11-16)17-3/h6-10,15H,4-5H2,1-2H3/b14-10-. The average molecular weight is 256 g/mol. The van der Waals surface area contributed by atoms with Crippen LogP contribution in [0, 0.1) is 17.9 Å². The summed E-state index contributed by atoms with van der Waals surface area (Å²) in [6.07, 6.45) is 1.18. The van der Waals surface area contributed by atoms with Crippen LogP contribution in [0.5, 0.6) is 0 Å². The third kappa shape index (κ3) is 4.56. The highest BCUT2D eigenvalue weighted by atomic mass is 16.7. The van der Waals surface area contributed by atoms with E-state index in [9.17, 15) is 0 Å². The van der Waals surface area contributed by atoms with Crippen LogP contribution in [0.25, 0.3) is 10.9 Å². The highest BCUT2D eigenvalue weighted by molar-refractivity contribution is 5.59. The van der Waals surface area contributed by atoms with E-state index in [1.54, 1.807) is 6.08 Å². The van der Waals surface area contributed by atoms with E-state index in [1.807, 2.05) is 44.2 Å². The second kappa shape index (κ2) is 8.05. The maximum Gasteiger partial charge on any atom is 0.262 e. The maximum absolute atomic E-state index is 8.70. The summed E-state index contributed by atoms with van der Waals surface area (Å²) in [4.78, 5) is 3.12. The fraction of sp³-hybridized carbons (Fsp3) is 0.333. The molecule has 0 saturated heterocycles. The van der Waals surface area contributed by atoms with E-state index in [0.717, 1.165) is 11.1 Å². The van der Waals surface area contributed by atoms with E-state index < -0.39 is 0 Å². The van der Waals surface area contributed by atoms with Crippen LogP contribution in [-0.2, 0) is 9.47 Å². The number of rotatable bonds is 6. The van der Waals surface area contributed by atoms with Crippen LogP contribution in [0.15, 0.2) is 30.0 Å². The molecule has 98 valence electrons. The first-order valence-electron chi connectivity index (χ1n) is 6.07. The van der Waals surface area contributed by atoms with Crippen LogP contribution < -0.4 is 0 Å². The minimum atomic E-state index is -0.371. The number of nitrogens with zero attached hydrogens (tertiary/aromatic N) is 2. The summed E-state index contributed by atoms with van der Waals surface area (Å²) in [7, 11) is 0. The second-order valence-corrected chi connectivity index (χ2v) is 3.66. The Morgan fingerprint density at radius 1 is 1.32 bits per heavy atom. The number of hydrogen-bond acceptors (Lipinski definition) is 3. The van der Waals surface area contributed by atoms with Crippen LogP contribution in [0.1, 0.15) is 31.3 Å². The molecule has 0 aromatic heterocycles. The second-order valence-electron chi connectivity index (χ2n) is 3.66. The monoisotopic (exact) mass is 256 g/mol. The van der Waals surface area contributed by atoms with Crippen LogP contribution in [0.3, 0.4) is 0 Å². The molecule has 19 heavy (non-hydrogen) atoms. The molecule has 0 radical (unpaired) electrons. The van der Waals surface area contributed by atoms with E-state index in [1.165, 1.54) is 0 Å². The lowest BCUT2D eigenvalue weighted by molar-refractivity contribution is -0.140. The zero-order valence-electron chi connectivity index (χ0n) is 11.1. The summed E-state index contributed by atoms with van der Waals surface area (Å²) in [5, 5.41) is 8.70. The van der Waals surface area contributed by atoms with Gasteiger partial charge in [-0.3, -0.25) is 0 Å². The Labute approximate surface area is 113 Å². The summed E-state index contributed by atoms with van der Waals surface area (Å²) in [5.41, 5.74) is 1.80. The van der Waals surface area contributed by atoms with Gasteiger partial charge in [0.2, 0.25) is 0 Å². The maximum atomic E-state index is 8.70. The molecule has 0 saturated carbocycles. The van der Waals surface area contributed by atoms with Crippen molar-refractivity contribution in [2.45, 2.75) is 20.1 Å². The molecule has 4 nitrogen and oxygen atoms in total. The van der Waals surface area contributed by atoms with Gasteiger partial charge >= 0.3 is 0 Å². The summed E-state index contributed by atoms with van der Waals surface area (Å²) in [5.74, 6) is 0. The number of benzene rings is 1. The van der Waals surface area contributed by atoms with Crippen molar-refractivity contribution in [2.24, 2.45) is 0 Å². The van der Waals surface area contributed by atoms with Gasteiger partial charge in [0.05, 0.1) is 12.6 Å². The molecule has 0 aliphatic carbocycles. The molecule has 0 unspecified atom stereocenters. The average Bonchev–Trinajstić information content (AvgIpc) is 2.45. The van der Waals surface area contributed by atoms with Crippen molar-refractivity contribution in [3.05, 3.63) is 52.5 Å². The van der Waals surface area contributed by atoms with E-state index in [0.29, 0.717) is 13.2 Å². The Morgan fingerprint density at radius 3 is 2.32 bits per heavy atom. The zero-order chi connectivity index (χ0) is 14.1. The van der Waals surface area contributed by atoms with E-state index in [-0.39, 0.29) is 12.0 Å². The molecule has 0 spiro atoms. The number of allylic oxidation sites excluding steroid dienone is 1.